The summed E-state index contributed by atoms with van der Waals surface area (Å²) in [7, 11) is 0. The molecule has 2 aromatic carbocycles. The van der Waals surface area contributed by atoms with E-state index >= 15 is 0 Å². The van der Waals surface area contributed by atoms with Crippen molar-refractivity contribution >= 4 is 11.4 Å². The number of benzene rings is 2. The van der Waals surface area contributed by atoms with Crippen LogP contribution in [-0.2, 0) is 13.1 Å². The van der Waals surface area contributed by atoms with Crippen molar-refractivity contribution in [3.63, 3.8) is 0 Å². The van der Waals surface area contributed by atoms with E-state index in [0.29, 0.717) is 18.7 Å². The number of nitrogens with zero attached hydrogens (tertiary/aromatic N) is 1. The van der Waals surface area contributed by atoms with E-state index in [1.54, 1.807) is 13.0 Å². The third-order valence-corrected chi connectivity index (χ3v) is 3.24. The molecule has 5 nitrogen and oxygen atoms in total. The molecular formula is C15H17N3O2. The van der Waals surface area contributed by atoms with Crippen molar-refractivity contribution < 1.29 is 4.92 Å². The van der Waals surface area contributed by atoms with Crippen molar-refractivity contribution in [1.29, 1.82) is 0 Å². The quantitative estimate of drug-likeness (QED) is 0.647. The van der Waals surface area contributed by atoms with Crippen LogP contribution in [0, 0.1) is 17.0 Å². The molecule has 104 valence electrons. The Morgan fingerprint density at radius 1 is 1.15 bits per heavy atom. The van der Waals surface area contributed by atoms with E-state index < -0.39 is 0 Å². The Labute approximate surface area is 117 Å². The van der Waals surface area contributed by atoms with Crippen LogP contribution in [0.1, 0.15) is 16.7 Å². The number of rotatable bonds is 5. The van der Waals surface area contributed by atoms with Crippen LogP contribution in [0.4, 0.5) is 11.4 Å². The lowest BCUT2D eigenvalue weighted by molar-refractivity contribution is -0.385. The second-order valence-electron chi connectivity index (χ2n) is 4.58. The monoisotopic (exact) mass is 271 g/mol. The minimum Gasteiger partial charge on any atom is -0.381 e. The fourth-order valence-electron chi connectivity index (χ4n) is 2.00. The van der Waals surface area contributed by atoms with Crippen molar-refractivity contribution in [1.82, 2.24) is 0 Å². The van der Waals surface area contributed by atoms with Gasteiger partial charge in [-0.3, -0.25) is 10.1 Å². The molecule has 2 aromatic rings. The van der Waals surface area contributed by atoms with Gasteiger partial charge in [-0.05, 0) is 24.1 Å². The molecule has 0 saturated carbocycles. The predicted octanol–water partition coefficient (Wildman–Crippen LogP) is 2.97. The van der Waals surface area contributed by atoms with Gasteiger partial charge in [0.2, 0.25) is 0 Å². The summed E-state index contributed by atoms with van der Waals surface area (Å²) in [6.07, 6.45) is 0. The Morgan fingerprint density at radius 3 is 2.40 bits per heavy atom. The molecule has 0 bridgehead atoms. The van der Waals surface area contributed by atoms with Crippen LogP contribution in [0.15, 0.2) is 42.5 Å². The molecule has 3 N–H and O–H groups in total. The zero-order chi connectivity index (χ0) is 14.5. The Kier molecular flexibility index (Phi) is 4.32. The smallest absolute Gasteiger partial charge is 0.274 e. The van der Waals surface area contributed by atoms with Gasteiger partial charge < -0.3 is 11.1 Å². The van der Waals surface area contributed by atoms with Crippen molar-refractivity contribution in [3.05, 3.63) is 69.3 Å². The standard InChI is InChI=1S/C15H17N3O2/c1-11-14(3-2-4-15(11)18(19)20)17-10-13-7-5-12(9-16)6-8-13/h2-8,17H,9-10,16H2,1H3. The minimum atomic E-state index is -0.365. The molecule has 0 aliphatic heterocycles. The SMILES string of the molecule is Cc1c(NCc2ccc(CN)cc2)cccc1[N+](=O)[O-]. The first kappa shape index (κ1) is 14.0. The van der Waals surface area contributed by atoms with Gasteiger partial charge in [0.05, 0.1) is 4.92 Å². The molecule has 20 heavy (non-hydrogen) atoms. The molecule has 0 radical (unpaired) electrons. The molecular weight excluding hydrogens is 254 g/mol. The average Bonchev–Trinajstić information content (AvgIpc) is 2.46. The van der Waals surface area contributed by atoms with Gasteiger partial charge in [0.15, 0.2) is 0 Å². The Balaban J connectivity index is 2.10. The summed E-state index contributed by atoms with van der Waals surface area (Å²) in [6, 6.07) is 13.0. The fourth-order valence-corrected chi connectivity index (χ4v) is 2.00. The summed E-state index contributed by atoms with van der Waals surface area (Å²) in [6.45, 7) is 2.89. The van der Waals surface area contributed by atoms with Gasteiger partial charge in [-0.2, -0.15) is 0 Å². The summed E-state index contributed by atoms with van der Waals surface area (Å²) in [5.41, 5.74) is 9.30. The lowest BCUT2D eigenvalue weighted by Crippen LogP contribution is -2.03. The van der Waals surface area contributed by atoms with Crippen LogP contribution in [-0.4, -0.2) is 4.92 Å². The Hall–Kier alpha value is -2.40. The number of hydrogen-bond acceptors (Lipinski definition) is 4. The van der Waals surface area contributed by atoms with Crippen LogP contribution in [0.5, 0.6) is 0 Å². The number of anilines is 1. The number of nitrogens with one attached hydrogen (secondary N) is 1. The number of nitrogens with two attached hydrogens (primary N) is 1. The van der Waals surface area contributed by atoms with Crippen LogP contribution < -0.4 is 11.1 Å². The molecule has 0 aromatic heterocycles. The van der Waals surface area contributed by atoms with Gasteiger partial charge in [-0.1, -0.05) is 30.3 Å². The Bertz CT molecular complexity index is 609. The highest BCUT2D eigenvalue weighted by molar-refractivity contribution is 5.59. The van der Waals surface area contributed by atoms with Gasteiger partial charge in [0.25, 0.3) is 5.69 Å². The van der Waals surface area contributed by atoms with Gasteiger partial charge >= 0.3 is 0 Å². The minimum absolute atomic E-state index is 0.133. The lowest BCUT2D eigenvalue weighted by Gasteiger charge is -2.10. The van der Waals surface area contributed by atoms with E-state index in [0.717, 1.165) is 16.8 Å². The molecule has 0 heterocycles. The van der Waals surface area contributed by atoms with E-state index in [-0.39, 0.29) is 10.6 Å². The van der Waals surface area contributed by atoms with Crippen molar-refractivity contribution in [2.75, 3.05) is 5.32 Å². The third kappa shape index (κ3) is 3.13. The van der Waals surface area contributed by atoms with Crippen LogP contribution in [0.2, 0.25) is 0 Å². The fraction of sp³-hybridized carbons (Fsp3) is 0.200. The normalized spacial score (nSPS) is 10.3. The molecule has 2 rings (SSSR count). The zero-order valence-electron chi connectivity index (χ0n) is 11.3. The van der Waals surface area contributed by atoms with Gasteiger partial charge in [-0.25, -0.2) is 0 Å². The molecule has 0 saturated heterocycles. The van der Waals surface area contributed by atoms with Gasteiger partial charge in [-0.15, -0.1) is 0 Å². The lowest BCUT2D eigenvalue weighted by atomic mass is 10.1. The molecule has 0 fully saturated rings. The summed E-state index contributed by atoms with van der Waals surface area (Å²) >= 11 is 0. The second-order valence-corrected chi connectivity index (χ2v) is 4.58. The van der Waals surface area contributed by atoms with E-state index in [4.69, 9.17) is 5.73 Å². The average molecular weight is 271 g/mol. The van der Waals surface area contributed by atoms with E-state index in [2.05, 4.69) is 5.32 Å². The molecule has 0 spiro atoms. The van der Waals surface area contributed by atoms with E-state index in [1.165, 1.54) is 6.07 Å². The first-order valence-electron chi connectivity index (χ1n) is 6.37. The van der Waals surface area contributed by atoms with Crippen LogP contribution in [0.25, 0.3) is 0 Å². The molecule has 0 amide bonds. The van der Waals surface area contributed by atoms with Crippen molar-refractivity contribution in [3.8, 4) is 0 Å². The number of hydrogen-bond donors (Lipinski definition) is 2. The topological polar surface area (TPSA) is 81.2 Å². The summed E-state index contributed by atoms with van der Waals surface area (Å²) in [5.74, 6) is 0. The van der Waals surface area contributed by atoms with Gasteiger partial charge in [0, 0.05) is 30.4 Å². The Morgan fingerprint density at radius 2 is 1.80 bits per heavy atom. The van der Waals surface area contributed by atoms with Crippen molar-refractivity contribution in [2.24, 2.45) is 5.73 Å². The molecule has 0 aliphatic rings. The second kappa shape index (κ2) is 6.16. The zero-order valence-corrected chi connectivity index (χ0v) is 11.3. The third-order valence-electron chi connectivity index (χ3n) is 3.24. The summed E-state index contributed by atoms with van der Waals surface area (Å²) in [4.78, 5) is 10.5. The first-order chi connectivity index (χ1) is 9.61. The maximum absolute atomic E-state index is 10.9. The maximum atomic E-state index is 10.9. The molecule has 0 atom stereocenters. The van der Waals surface area contributed by atoms with Gasteiger partial charge in [0.1, 0.15) is 0 Å². The number of nitro benzene ring substituents is 1. The summed E-state index contributed by atoms with van der Waals surface area (Å²) < 4.78 is 0. The highest BCUT2D eigenvalue weighted by Gasteiger charge is 2.12. The van der Waals surface area contributed by atoms with E-state index in [9.17, 15) is 10.1 Å². The maximum Gasteiger partial charge on any atom is 0.274 e. The van der Waals surface area contributed by atoms with Crippen LogP contribution in [0.3, 0.4) is 0 Å². The molecule has 0 aliphatic carbocycles. The van der Waals surface area contributed by atoms with E-state index in [1.807, 2.05) is 30.3 Å². The van der Waals surface area contributed by atoms with Crippen LogP contribution >= 0.6 is 0 Å². The van der Waals surface area contributed by atoms with Crippen molar-refractivity contribution in [2.45, 2.75) is 20.0 Å². The molecule has 0 unspecified atom stereocenters. The first-order valence-corrected chi connectivity index (χ1v) is 6.37. The predicted molar refractivity (Wildman–Crippen MR) is 79.5 cm³/mol. The number of nitro groups is 1. The highest BCUT2D eigenvalue weighted by Crippen LogP contribution is 2.25. The highest BCUT2D eigenvalue weighted by atomic mass is 16.6. The molecule has 5 heteroatoms. The largest absolute Gasteiger partial charge is 0.381 e. The summed E-state index contributed by atoms with van der Waals surface area (Å²) in [5, 5.41) is 14.1.